The summed E-state index contributed by atoms with van der Waals surface area (Å²) in [5.41, 5.74) is 0.750. The van der Waals surface area contributed by atoms with E-state index in [2.05, 4.69) is 10.3 Å². The van der Waals surface area contributed by atoms with Crippen LogP contribution in [0.15, 0.2) is 53.7 Å². The first kappa shape index (κ1) is 25.1. The maximum absolute atomic E-state index is 13.9. The van der Waals surface area contributed by atoms with Crippen LogP contribution in [0.5, 0.6) is 5.75 Å². The molecule has 180 valence electrons. The van der Waals surface area contributed by atoms with Crippen molar-refractivity contribution in [2.45, 2.75) is 61.4 Å². The molecule has 1 aromatic carbocycles. The minimum Gasteiger partial charge on any atom is -0.497 e. The van der Waals surface area contributed by atoms with Crippen LogP contribution in [0.3, 0.4) is 0 Å². The molecule has 9 heteroatoms. The van der Waals surface area contributed by atoms with E-state index in [1.165, 1.54) is 31.4 Å². The molecule has 0 unspecified atom stereocenters. The molecule has 8 nitrogen and oxygen atoms in total. The quantitative estimate of drug-likeness (QED) is 0.507. The summed E-state index contributed by atoms with van der Waals surface area (Å²) >= 11 is 0. The van der Waals surface area contributed by atoms with Gasteiger partial charge in [0.2, 0.25) is 14.7 Å². The van der Waals surface area contributed by atoms with Crippen molar-refractivity contribution in [3.8, 4) is 5.75 Å². The minimum atomic E-state index is -4.31. The maximum Gasteiger partial charge on any atom is 0.340 e. The zero-order valence-corrected chi connectivity index (χ0v) is 19.9. The Hall–Kier alpha value is -2.49. The van der Waals surface area contributed by atoms with Gasteiger partial charge in [0.15, 0.2) is 0 Å². The van der Waals surface area contributed by atoms with E-state index in [1.54, 1.807) is 24.5 Å². The second-order valence-corrected chi connectivity index (χ2v) is 10.4. The number of carbonyl (C=O) groups is 1. The summed E-state index contributed by atoms with van der Waals surface area (Å²) in [6.45, 7) is 2.76. The fraction of sp³-hybridized carbons (Fsp3) is 0.500. The summed E-state index contributed by atoms with van der Waals surface area (Å²) in [5.74, 6) is -1.52. The third-order valence-electron chi connectivity index (χ3n) is 6.22. The first-order chi connectivity index (χ1) is 15.8. The third-order valence-corrected chi connectivity index (χ3v) is 8.62. The standard InChI is InChI=1S/C24H32N2O6S/c1-3-16-32-21-6-4-19(5-7-21)24(23(27)28,26-17-18-12-14-25-15-13-18)33(29,30)22-10-8-20(31-2)9-11-22/h8-15,19,21,26H,3-7,16-17H2,1-2H3,(H,27,28)/t19?,21?,24-/m1/s1. The predicted molar refractivity (Wildman–Crippen MR) is 124 cm³/mol. The average Bonchev–Trinajstić information content (AvgIpc) is 2.84. The van der Waals surface area contributed by atoms with Gasteiger partial charge in [0.05, 0.1) is 18.1 Å². The number of carboxylic acids is 1. The highest BCUT2D eigenvalue weighted by Gasteiger charge is 2.57. The van der Waals surface area contributed by atoms with E-state index in [9.17, 15) is 18.3 Å². The molecule has 0 spiro atoms. The fourth-order valence-electron chi connectivity index (χ4n) is 4.42. The van der Waals surface area contributed by atoms with Gasteiger partial charge in [-0.05, 0) is 74.1 Å². The van der Waals surface area contributed by atoms with Crippen LogP contribution in [0, 0.1) is 5.92 Å². The predicted octanol–water partition coefficient (Wildman–Crippen LogP) is 3.42. The normalized spacial score (nSPS) is 20.7. The van der Waals surface area contributed by atoms with Gasteiger partial charge in [-0.1, -0.05) is 6.92 Å². The van der Waals surface area contributed by atoms with Gasteiger partial charge in [0.25, 0.3) is 0 Å². The third kappa shape index (κ3) is 5.37. The number of sulfone groups is 1. The molecule has 1 atom stereocenters. The summed E-state index contributed by atoms with van der Waals surface area (Å²) in [6, 6.07) is 9.31. The molecule has 1 heterocycles. The Labute approximate surface area is 195 Å². The highest BCUT2D eigenvalue weighted by atomic mass is 32.2. The number of ether oxygens (including phenoxy) is 2. The number of rotatable bonds is 11. The molecule has 0 aliphatic heterocycles. The van der Waals surface area contributed by atoms with E-state index in [0.717, 1.165) is 12.0 Å². The molecule has 1 aromatic heterocycles. The van der Waals surface area contributed by atoms with Gasteiger partial charge >= 0.3 is 5.97 Å². The Kier molecular flexibility index (Phi) is 8.45. The Morgan fingerprint density at radius 3 is 2.30 bits per heavy atom. The summed E-state index contributed by atoms with van der Waals surface area (Å²) in [5, 5.41) is 13.4. The molecule has 1 aliphatic rings. The van der Waals surface area contributed by atoms with E-state index >= 15 is 0 Å². The van der Waals surface area contributed by atoms with Crippen LogP contribution in [0.2, 0.25) is 0 Å². The number of benzene rings is 1. The van der Waals surface area contributed by atoms with Gasteiger partial charge in [-0.15, -0.1) is 0 Å². The van der Waals surface area contributed by atoms with Crippen molar-refractivity contribution < 1.29 is 27.8 Å². The number of nitrogens with one attached hydrogen (secondary N) is 1. The molecule has 0 amide bonds. The van der Waals surface area contributed by atoms with Gasteiger partial charge < -0.3 is 14.6 Å². The van der Waals surface area contributed by atoms with Gasteiger partial charge in [0.1, 0.15) is 5.75 Å². The van der Waals surface area contributed by atoms with E-state index in [-0.39, 0.29) is 17.5 Å². The number of hydrogen-bond acceptors (Lipinski definition) is 7. The Balaban J connectivity index is 1.99. The van der Waals surface area contributed by atoms with E-state index in [1.807, 2.05) is 6.92 Å². The monoisotopic (exact) mass is 476 g/mol. The molecule has 2 aromatic rings. The largest absolute Gasteiger partial charge is 0.497 e. The molecule has 1 aliphatic carbocycles. The zero-order chi connectivity index (χ0) is 23.9. The number of aromatic nitrogens is 1. The molecule has 2 N–H and O–H groups in total. The van der Waals surface area contributed by atoms with E-state index in [0.29, 0.717) is 38.0 Å². The van der Waals surface area contributed by atoms with Crippen molar-refractivity contribution in [1.82, 2.24) is 10.3 Å². The lowest BCUT2D eigenvalue weighted by Gasteiger charge is -2.41. The number of aliphatic carboxylic acids is 1. The number of hydrogen-bond donors (Lipinski definition) is 2. The van der Waals surface area contributed by atoms with Crippen molar-refractivity contribution in [1.29, 1.82) is 0 Å². The maximum atomic E-state index is 13.9. The van der Waals surface area contributed by atoms with Crippen LogP contribution in [0.4, 0.5) is 0 Å². The average molecular weight is 477 g/mol. The summed E-state index contributed by atoms with van der Waals surface area (Å²) in [6.07, 6.45) is 6.21. The lowest BCUT2D eigenvalue weighted by Crippen LogP contribution is -2.63. The summed E-state index contributed by atoms with van der Waals surface area (Å²) in [4.78, 5) is 14.6. The molecular formula is C24H32N2O6S. The second-order valence-electron chi connectivity index (χ2n) is 8.27. The molecule has 0 saturated heterocycles. The van der Waals surface area contributed by atoms with Crippen molar-refractivity contribution in [2.75, 3.05) is 13.7 Å². The number of pyridine rings is 1. The molecular weight excluding hydrogens is 444 g/mol. The second kappa shape index (κ2) is 11.1. The van der Waals surface area contributed by atoms with Crippen LogP contribution >= 0.6 is 0 Å². The van der Waals surface area contributed by atoms with Crippen LogP contribution in [0.1, 0.15) is 44.6 Å². The Morgan fingerprint density at radius 1 is 1.12 bits per heavy atom. The van der Waals surface area contributed by atoms with Crippen LogP contribution in [-0.4, -0.2) is 49.2 Å². The van der Waals surface area contributed by atoms with Crippen molar-refractivity contribution >= 4 is 15.8 Å². The molecule has 1 saturated carbocycles. The van der Waals surface area contributed by atoms with Crippen LogP contribution < -0.4 is 10.1 Å². The Morgan fingerprint density at radius 2 is 1.76 bits per heavy atom. The number of nitrogens with zero attached hydrogens (tertiary/aromatic N) is 1. The van der Waals surface area contributed by atoms with Crippen molar-refractivity contribution in [3.63, 3.8) is 0 Å². The smallest absolute Gasteiger partial charge is 0.340 e. The lowest BCUT2D eigenvalue weighted by molar-refractivity contribution is -0.144. The van der Waals surface area contributed by atoms with E-state index in [4.69, 9.17) is 9.47 Å². The number of methoxy groups -OCH3 is 1. The van der Waals surface area contributed by atoms with Gasteiger partial charge in [-0.2, -0.15) is 0 Å². The molecule has 0 bridgehead atoms. The van der Waals surface area contributed by atoms with Gasteiger partial charge in [-0.3, -0.25) is 10.3 Å². The fourth-order valence-corrected chi connectivity index (χ4v) is 6.45. The minimum absolute atomic E-state index is 0.0246. The summed E-state index contributed by atoms with van der Waals surface area (Å²) in [7, 11) is -2.83. The SMILES string of the molecule is CCCOC1CCC([C@](NCc2ccncc2)(C(=O)O)S(=O)(=O)c2ccc(OC)cc2)CC1. The van der Waals surface area contributed by atoms with Gasteiger partial charge in [0, 0.05) is 31.5 Å². The van der Waals surface area contributed by atoms with Gasteiger partial charge in [-0.25, -0.2) is 13.2 Å². The van der Waals surface area contributed by atoms with Crippen LogP contribution in [-0.2, 0) is 25.9 Å². The molecule has 1 fully saturated rings. The first-order valence-corrected chi connectivity index (χ1v) is 12.7. The Bertz CT molecular complexity index is 1010. The van der Waals surface area contributed by atoms with Crippen molar-refractivity contribution in [2.24, 2.45) is 5.92 Å². The van der Waals surface area contributed by atoms with E-state index < -0.39 is 26.6 Å². The molecule has 33 heavy (non-hydrogen) atoms. The topological polar surface area (TPSA) is 115 Å². The first-order valence-electron chi connectivity index (χ1n) is 11.2. The lowest BCUT2D eigenvalue weighted by atomic mass is 9.81. The highest BCUT2D eigenvalue weighted by molar-refractivity contribution is 7.93. The highest BCUT2D eigenvalue weighted by Crippen LogP contribution is 2.41. The van der Waals surface area contributed by atoms with Crippen molar-refractivity contribution in [3.05, 3.63) is 54.4 Å². The summed E-state index contributed by atoms with van der Waals surface area (Å²) < 4.78 is 38.9. The zero-order valence-electron chi connectivity index (χ0n) is 19.1. The molecule has 3 rings (SSSR count). The number of carboxylic acid groups (broad SMARTS) is 1. The van der Waals surface area contributed by atoms with Crippen LogP contribution in [0.25, 0.3) is 0 Å². The molecule has 0 radical (unpaired) electrons.